The minimum absolute atomic E-state index is 0.689. The quantitative estimate of drug-likeness (QED) is 0.322. The molecule has 0 aliphatic rings. The van der Waals surface area contributed by atoms with E-state index in [2.05, 4.69) is 18.7 Å². The van der Waals surface area contributed by atoms with E-state index in [4.69, 9.17) is 18.0 Å². The van der Waals surface area contributed by atoms with Crippen LogP contribution in [0.1, 0.15) is 20.3 Å². The van der Waals surface area contributed by atoms with Gasteiger partial charge in [0.1, 0.15) is 0 Å². The maximum atomic E-state index is 5.59. The molecule has 0 saturated heterocycles. The molecule has 0 fully saturated rings. The van der Waals surface area contributed by atoms with Crippen LogP contribution in [0.3, 0.4) is 0 Å². The number of hydrogen-bond donors (Lipinski definition) is 0. The van der Waals surface area contributed by atoms with Crippen molar-refractivity contribution in [2.24, 2.45) is 0 Å². The maximum absolute atomic E-state index is 5.59. The average molecular weight is 265 g/mol. The lowest BCUT2D eigenvalue weighted by molar-refractivity contribution is 0.0320. The van der Waals surface area contributed by atoms with Gasteiger partial charge in [-0.1, -0.05) is 13.8 Å². The molecule has 0 bridgehead atoms. The van der Waals surface area contributed by atoms with Crippen molar-refractivity contribution in [2.75, 3.05) is 47.8 Å². The van der Waals surface area contributed by atoms with Crippen LogP contribution in [0.5, 0.6) is 0 Å². The summed E-state index contributed by atoms with van der Waals surface area (Å²) in [5.41, 5.74) is 0. The van der Waals surface area contributed by atoms with Gasteiger partial charge in [-0.05, 0) is 19.5 Å². The first-order valence-electron chi connectivity index (χ1n) is 6.13. The number of ether oxygens (including phenoxy) is 1. The molecule has 0 saturated carbocycles. The van der Waals surface area contributed by atoms with Crippen LogP contribution in [0.4, 0.5) is 0 Å². The second kappa shape index (κ2) is 9.99. The van der Waals surface area contributed by atoms with Crippen molar-refractivity contribution in [3.05, 3.63) is 0 Å². The number of hydrogen-bond acceptors (Lipinski definition) is 5. The first kappa shape index (κ1) is 17.0. The van der Waals surface area contributed by atoms with E-state index in [-0.39, 0.29) is 0 Å². The number of nitrogens with zero attached hydrogens (tertiary/aromatic N) is 1. The molecule has 0 aliphatic carbocycles. The van der Waals surface area contributed by atoms with Crippen LogP contribution in [0.2, 0.25) is 6.04 Å². The first-order chi connectivity index (χ1) is 8.17. The van der Waals surface area contributed by atoms with Gasteiger partial charge in [-0.15, -0.1) is 0 Å². The summed E-state index contributed by atoms with van der Waals surface area (Å²) < 4.78 is 21.6. The fourth-order valence-corrected chi connectivity index (χ4v) is 3.24. The Bertz CT molecular complexity index is 167. The second-order valence-corrected chi connectivity index (χ2v) is 6.83. The molecule has 0 unspecified atom stereocenters. The molecule has 0 aromatic heterocycles. The van der Waals surface area contributed by atoms with E-state index >= 15 is 0 Å². The molecule has 0 amide bonds. The Hall–Kier alpha value is 0.0169. The first-order valence-corrected chi connectivity index (χ1v) is 8.06. The van der Waals surface area contributed by atoms with Gasteiger partial charge in [-0.25, -0.2) is 0 Å². The Morgan fingerprint density at radius 2 is 1.47 bits per heavy atom. The van der Waals surface area contributed by atoms with Gasteiger partial charge in [0.15, 0.2) is 0 Å². The van der Waals surface area contributed by atoms with E-state index in [0.717, 1.165) is 25.6 Å². The normalized spacial score (nSPS) is 12.4. The third kappa shape index (κ3) is 6.49. The molecule has 104 valence electrons. The maximum Gasteiger partial charge on any atom is 0.500 e. The van der Waals surface area contributed by atoms with Crippen LogP contribution < -0.4 is 0 Å². The van der Waals surface area contributed by atoms with Crippen LogP contribution in [0.15, 0.2) is 0 Å². The molecule has 0 heterocycles. The van der Waals surface area contributed by atoms with Gasteiger partial charge in [0.2, 0.25) is 0 Å². The van der Waals surface area contributed by atoms with E-state index < -0.39 is 8.80 Å². The molecule has 0 N–H and O–H groups in total. The minimum Gasteiger partial charge on any atom is -0.377 e. The second-order valence-electron chi connectivity index (χ2n) is 3.74. The fraction of sp³-hybridized carbons (Fsp3) is 1.00. The van der Waals surface area contributed by atoms with Crippen molar-refractivity contribution in [2.45, 2.75) is 26.3 Å². The average Bonchev–Trinajstić information content (AvgIpc) is 2.39. The van der Waals surface area contributed by atoms with Gasteiger partial charge in [0.05, 0.1) is 6.73 Å². The molecule has 5 nitrogen and oxygen atoms in total. The predicted octanol–water partition coefficient (Wildman–Crippen LogP) is 1.57. The highest BCUT2D eigenvalue weighted by molar-refractivity contribution is 6.60. The fourth-order valence-electron chi connectivity index (χ4n) is 1.55. The van der Waals surface area contributed by atoms with Crippen molar-refractivity contribution in [1.82, 2.24) is 4.90 Å². The summed E-state index contributed by atoms with van der Waals surface area (Å²) in [5, 5.41) is 0. The van der Waals surface area contributed by atoms with Crippen molar-refractivity contribution >= 4 is 8.80 Å². The molecule has 0 spiro atoms. The molecule has 0 aliphatic heterocycles. The third-order valence-corrected chi connectivity index (χ3v) is 5.70. The van der Waals surface area contributed by atoms with Crippen LogP contribution in [0, 0.1) is 0 Å². The van der Waals surface area contributed by atoms with Crippen LogP contribution in [0.25, 0.3) is 0 Å². The molecular formula is C11H27NO4Si. The lowest BCUT2D eigenvalue weighted by Crippen LogP contribution is -2.42. The summed E-state index contributed by atoms with van der Waals surface area (Å²) in [4.78, 5) is 2.23. The topological polar surface area (TPSA) is 40.2 Å². The van der Waals surface area contributed by atoms with Crippen molar-refractivity contribution in [1.29, 1.82) is 0 Å². The lowest BCUT2D eigenvalue weighted by Gasteiger charge is -2.24. The summed E-state index contributed by atoms with van der Waals surface area (Å²) >= 11 is 0. The van der Waals surface area contributed by atoms with Gasteiger partial charge in [0, 0.05) is 34.0 Å². The standard InChI is InChI=1S/C11H27NO4Si/c1-6-12(7-2)11-16-9-8-10-17(13-3,14-4)15-5/h6-11H2,1-5H3. The zero-order valence-corrected chi connectivity index (χ0v) is 12.8. The largest absolute Gasteiger partial charge is 0.500 e. The summed E-state index contributed by atoms with van der Waals surface area (Å²) in [6.07, 6.45) is 0.892. The Morgan fingerprint density at radius 3 is 1.88 bits per heavy atom. The van der Waals surface area contributed by atoms with Crippen molar-refractivity contribution in [3.63, 3.8) is 0 Å². The highest BCUT2D eigenvalue weighted by atomic mass is 28.4. The minimum atomic E-state index is -2.40. The zero-order chi connectivity index (χ0) is 13.1. The Kier molecular flexibility index (Phi) is 10.00. The zero-order valence-electron chi connectivity index (χ0n) is 11.8. The molecule has 0 atom stereocenters. The van der Waals surface area contributed by atoms with E-state index in [1.54, 1.807) is 21.3 Å². The van der Waals surface area contributed by atoms with E-state index in [9.17, 15) is 0 Å². The summed E-state index contributed by atoms with van der Waals surface area (Å²) in [6.45, 7) is 7.69. The Balaban J connectivity index is 3.68. The van der Waals surface area contributed by atoms with E-state index in [1.807, 2.05) is 0 Å². The van der Waals surface area contributed by atoms with Gasteiger partial charge in [-0.3, -0.25) is 4.90 Å². The summed E-state index contributed by atoms with van der Waals surface area (Å²) in [5.74, 6) is 0. The molecule has 0 aromatic carbocycles. The Morgan fingerprint density at radius 1 is 0.941 bits per heavy atom. The van der Waals surface area contributed by atoms with Gasteiger partial charge < -0.3 is 18.0 Å². The summed E-state index contributed by atoms with van der Waals surface area (Å²) in [7, 11) is 2.50. The third-order valence-electron chi connectivity index (χ3n) is 2.87. The molecule has 0 radical (unpaired) electrons. The molecule has 0 aromatic rings. The van der Waals surface area contributed by atoms with Crippen LogP contribution >= 0.6 is 0 Å². The number of rotatable bonds is 11. The van der Waals surface area contributed by atoms with Crippen molar-refractivity contribution < 1.29 is 18.0 Å². The predicted molar refractivity (Wildman–Crippen MR) is 69.9 cm³/mol. The SMILES string of the molecule is CCN(CC)COCCC[Si](OC)(OC)OC. The van der Waals surface area contributed by atoms with Gasteiger partial charge >= 0.3 is 8.80 Å². The highest BCUT2D eigenvalue weighted by Crippen LogP contribution is 2.14. The van der Waals surface area contributed by atoms with E-state index in [1.165, 1.54) is 0 Å². The molecule has 0 rings (SSSR count). The molecule has 17 heavy (non-hydrogen) atoms. The lowest BCUT2D eigenvalue weighted by atomic mass is 10.5. The highest BCUT2D eigenvalue weighted by Gasteiger charge is 2.36. The summed E-state index contributed by atoms with van der Waals surface area (Å²) in [6, 6.07) is 0.786. The smallest absolute Gasteiger partial charge is 0.377 e. The molecule has 6 heteroatoms. The van der Waals surface area contributed by atoms with E-state index in [0.29, 0.717) is 13.3 Å². The molecular weight excluding hydrogens is 238 g/mol. The monoisotopic (exact) mass is 265 g/mol. The van der Waals surface area contributed by atoms with Gasteiger partial charge in [-0.2, -0.15) is 0 Å². The Labute approximate surface area is 106 Å². The van der Waals surface area contributed by atoms with Crippen molar-refractivity contribution in [3.8, 4) is 0 Å². The van der Waals surface area contributed by atoms with Crippen LogP contribution in [-0.2, 0) is 18.0 Å². The van der Waals surface area contributed by atoms with Crippen LogP contribution in [-0.4, -0.2) is 61.5 Å². The van der Waals surface area contributed by atoms with Gasteiger partial charge in [0.25, 0.3) is 0 Å².